The summed E-state index contributed by atoms with van der Waals surface area (Å²) in [5.74, 6) is 0.530. The second-order valence-corrected chi connectivity index (χ2v) is 7.34. The topological polar surface area (TPSA) is 32.3 Å². The van der Waals surface area contributed by atoms with E-state index in [-0.39, 0.29) is 11.7 Å². The van der Waals surface area contributed by atoms with Crippen molar-refractivity contribution in [3.63, 3.8) is 0 Å². The van der Waals surface area contributed by atoms with Gasteiger partial charge < -0.3 is 5.32 Å². The number of halogens is 1. The Kier molecular flexibility index (Phi) is 4.72. The van der Waals surface area contributed by atoms with E-state index in [0.717, 1.165) is 31.8 Å². The van der Waals surface area contributed by atoms with Gasteiger partial charge in [0.2, 0.25) is 5.91 Å². The van der Waals surface area contributed by atoms with Gasteiger partial charge in [-0.25, -0.2) is 4.39 Å². The Morgan fingerprint density at radius 3 is 2.61 bits per heavy atom. The quantitative estimate of drug-likeness (QED) is 0.905. The largest absolute Gasteiger partial charge is 0.354 e. The SMILES string of the molecule is CC1CCN(C(C)CNC(=O)C2(c3ccccc3F)CC2)CC1. The summed E-state index contributed by atoms with van der Waals surface area (Å²) < 4.78 is 14.0. The summed E-state index contributed by atoms with van der Waals surface area (Å²) in [6.45, 7) is 7.32. The molecule has 0 spiro atoms. The maximum Gasteiger partial charge on any atom is 0.230 e. The zero-order valence-corrected chi connectivity index (χ0v) is 14.1. The van der Waals surface area contributed by atoms with Crippen molar-refractivity contribution in [2.45, 2.75) is 51.0 Å². The number of amides is 1. The van der Waals surface area contributed by atoms with Crippen molar-refractivity contribution in [2.24, 2.45) is 5.92 Å². The van der Waals surface area contributed by atoms with Crippen molar-refractivity contribution in [2.75, 3.05) is 19.6 Å². The zero-order valence-electron chi connectivity index (χ0n) is 14.1. The van der Waals surface area contributed by atoms with Gasteiger partial charge in [-0.2, -0.15) is 0 Å². The lowest BCUT2D eigenvalue weighted by Crippen LogP contribution is -2.47. The van der Waals surface area contributed by atoms with Crippen LogP contribution in [0, 0.1) is 11.7 Å². The molecular weight excluding hydrogens is 291 g/mol. The first-order valence-electron chi connectivity index (χ1n) is 8.80. The summed E-state index contributed by atoms with van der Waals surface area (Å²) >= 11 is 0. The molecule has 2 fully saturated rings. The lowest BCUT2D eigenvalue weighted by molar-refractivity contribution is -0.123. The van der Waals surface area contributed by atoms with Gasteiger partial charge in [0.1, 0.15) is 5.82 Å². The summed E-state index contributed by atoms with van der Waals surface area (Å²) in [4.78, 5) is 15.1. The first-order chi connectivity index (χ1) is 11.0. The number of nitrogens with zero attached hydrogens (tertiary/aromatic N) is 1. The number of carbonyl (C=O) groups is 1. The van der Waals surface area contributed by atoms with Crippen LogP contribution in [0.4, 0.5) is 4.39 Å². The van der Waals surface area contributed by atoms with Gasteiger partial charge >= 0.3 is 0 Å². The molecule has 1 aromatic rings. The fraction of sp³-hybridized carbons (Fsp3) is 0.632. The van der Waals surface area contributed by atoms with E-state index in [1.807, 2.05) is 6.07 Å². The molecule has 0 bridgehead atoms. The molecule has 1 saturated carbocycles. The van der Waals surface area contributed by atoms with Gasteiger partial charge in [0.25, 0.3) is 0 Å². The summed E-state index contributed by atoms with van der Waals surface area (Å²) in [7, 11) is 0. The van der Waals surface area contributed by atoms with Crippen molar-refractivity contribution in [1.29, 1.82) is 0 Å². The Morgan fingerprint density at radius 1 is 1.35 bits per heavy atom. The van der Waals surface area contributed by atoms with E-state index in [2.05, 4.69) is 24.1 Å². The third-order valence-corrected chi connectivity index (χ3v) is 5.57. The Morgan fingerprint density at radius 2 is 2.00 bits per heavy atom. The van der Waals surface area contributed by atoms with Gasteiger partial charge in [-0.1, -0.05) is 25.1 Å². The molecular formula is C19H27FN2O. The molecule has 126 valence electrons. The van der Waals surface area contributed by atoms with E-state index in [4.69, 9.17) is 0 Å². The third-order valence-electron chi connectivity index (χ3n) is 5.57. The fourth-order valence-electron chi connectivity index (χ4n) is 3.60. The highest BCUT2D eigenvalue weighted by Gasteiger charge is 2.52. The lowest BCUT2D eigenvalue weighted by Gasteiger charge is -2.35. The highest BCUT2D eigenvalue weighted by Crippen LogP contribution is 2.49. The van der Waals surface area contributed by atoms with E-state index in [9.17, 15) is 9.18 Å². The summed E-state index contributed by atoms with van der Waals surface area (Å²) in [5, 5.41) is 3.07. The molecule has 1 aliphatic carbocycles. The molecule has 1 amide bonds. The van der Waals surface area contributed by atoms with E-state index in [1.54, 1.807) is 12.1 Å². The maximum atomic E-state index is 14.0. The molecule has 1 saturated heterocycles. The van der Waals surface area contributed by atoms with Gasteiger partial charge in [0.05, 0.1) is 5.41 Å². The van der Waals surface area contributed by atoms with E-state index in [0.29, 0.717) is 18.2 Å². The minimum absolute atomic E-state index is 0.0140. The predicted molar refractivity (Wildman–Crippen MR) is 89.8 cm³/mol. The van der Waals surface area contributed by atoms with Crippen LogP contribution in [0.2, 0.25) is 0 Å². The Labute approximate surface area is 138 Å². The molecule has 1 heterocycles. The molecule has 3 nitrogen and oxygen atoms in total. The minimum atomic E-state index is -0.624. The maximum absolute atomic E-state index is 14.0. The van der Waals surface area contributed by atoms with Crippen molar-refractivity contribution in [3.8, 4) is 0 Å². The molecule has 1 aromatic carbocycles. The number of hydrogen-bond acceptors (Lipinski definition) is 2. The summed E-state index contributed by atoms with van der Waals surface area (Å²) in [6, 6.07) is 7.01. The van der Waals surface area contributed by atoms with Crippen molar-refractivity contribution in [1.82, 2.24) is 10.2 Å². The highest BCUT2D eigenvalue weighted by molar-refractivity contribution is 5.91. The van der Waals surface area contributed by atoms with E-state index < -0.39 is 5.41 Å². The van der Waals surface area contributed by atoms with Crippen molar-refractivity contribution >= 4 is 5.91 Å². The van der Waals surface area contributed by atoms with Gasteiger partial charge in [0, 0.05) is 18.2 Å². The number of piperidine rings is 1. The Bertz CT molecular complexity index is 562. The Balaban J connectivity index is 1.56. The van der Waals surface area contributed by atoms with Crippen molar-refractivity contribution in [3.05, 3.63) is 35.6 Å². The van der Waals surface area contributed by atoms with Gasteiger partial charge in [0.15, 0.2) is 0 Å². The van der Waals surface area contributed by atoms with Crippen LogP contribution in [0.1, 0.15) is 45.1 Å². The number of carbonyl (C=O) groups excluding carboxylic acids is 1. The van der Waals surface area contributed by atoms with Crippen LogP contribution in [0.5, 0.6) is 0 Å². The highest BCUT2D eigenvalue weighted by atomic mass is 19.1. The van der Waals surface area contributed by atoms with Crippen LogP contribution in [-0.4, -0.2) is 36.5 Å². The molecule has 23 heavy (non-hydrogen) atoms. The van der Waals surface area contributed by atoms with Crippen LogP contribution in [-0.2, 0) is 10.2 Å². The molecule has 2 aliphatic rings. The first-order valence-corrected chi connectivity index (χ1v) is 8.80. The van der Waals surface area contributed by atoms with Crippen LogP contribution in [0.3, 0.4) is 0 Å². The fourth-order valence-corrected chi connectivity index (χ4v) is 3.60. The number of rotatable bonds is 5. The Hall–Kier alpha value is -1.42. The summed E-state index contributed by atoms with van der Waals surface area (Å²) in [5.41, 5.74) is -0.0708. The van der Waals surface area contributed by atoms with E-state index >= 15 is 0 Å². The smallest absolute Gasteiger partial charge is 0.230 e. The second kappa shape index (κ2) is 6.60. The molecule has 1 aliphatic heterocycles. The number of likely N-dealkylation sites (tertiary alicyclic amines) is 1. The first kappa shape index (κ1) is 16.4. The lowest BCUT2D eigenvalue weighted by atomic mass is 9.94. The number of hydrogen-bond donors (Lipinski definition) is 1. The predicted octanol–water partition coefficient (Wildman–Crippen LogP) is 3.09. The zero-order chi connectivity index (χ0) is 16.4. The average Bonchev–Trinajstić information content (AvgIpc) is 3.35. The normalized spacial score (nSPS) is 22.6. The van der Waals surface area contributed by atoms with Gasteiger partial charge in [-0.05, 0) is 57.7 Å². The van der Waals surface area contributed by atoms with Crippen LogP contribution in [0.25, 0.3) is 0 Å². The third kappa shape index (κ3) is 3.42. The van der Waals surface area contributed by atoms with Crippen LogP contribution < -0.4 is 5.32 Å². The van der Waals surface area contributed by atoms with E-state index in [1.165, 1.54) is 18.9 Å². The molecule has 1 N–H and O–H groups in total. The second-order valence-electron chi connectivity index (χ2n) is 7.34. The average molecular weight is 318 g/mol. The molecule has 3 rings (SSSR count). The number of benzene rings is 1. The van der Waals surface area contributed by atoms with Crippen LogP contribution >= 0.6 is 0 Å². The molecule has 0 aromatic heterocycles. The summed E-state index contributed by atoms with van der Waals surface area (Å²) in [6.07, 6.45) is 3.96. The van der Waals surface area contributed by atoms with Crippen LogP contribution in [0.15, 0.2) is 24.3 Å². The monoisotopic (exact) mass is 318 g/mol. The van der Waals surface area contributed by atoms with Gasteiger partial charge in [-0.15, -0.1) is 0 Å². The standard InChI is InChI=1S/C19H27FN2O/c1-14-7-11-22(12-8-14)15(2)13-21-18(23)19(9-10-19)16-5-3-4-6-17(16)20/h3-6,14-15H,7-13H2,1-2H3,(H,21,23). The molecule has 1 unspecified atom stereocenters. The molecule has 0 radical (unpaired) electrons. The minimum Gasteiger partial charge on any atom is -0.354 e. The van der Waals surface area contributed by atoms with Crippen molar-refractivity contribution < 1.29 is 9.18 Å². The number of nitrogens with one attached hydrogen (secondary N) is 1. The van der Waals surface area contributed by atoms with Gasteiger partial charge in [-0.3, -0.25) is 9.69 Å². The molecule has 1 atom stereocenters. The molecule has 4 heteroatoms.